The molecule has 2 N–H and O–H groups in total. The van der Waals surface area contributed by atoms with E-state index in [1.54, 1.807) is 0 Å². The summed E-state index contributed by atoms with van der Waals surface area (Å²) >= 11 is 0. The fourth-order valence-corrected chi connectivity index (χ4v) is 3.11. The van der Waals surface area contributed by atoms with E-state index < -0.39 is 18.0 Å². The molecule has 0 fully saturated rings. The number of carboxylic acids is 1. The first-order chi connectivity index (χ1) is 11.1. The van der Waals surface area contributed by atoms with Crippen LogP contribution in [0.3, 0.4) is 0 Å². The van der Waals surface area contributed by atoms with Crippen LogP contribution in [0.2, 0.25) is 0 Å². The molecule has 5 heteroatoms. The first-order valence-electron chi connectivity index (χ1n) is 9.38. The van der Waals surface area contributed by atoms with E-state index in [4.69, 9.17) is 5.11 Å². The second-order valence-electron chi connectivity index (χ2n) is 8.05. The molecule has 0 amide bonds. The van der Waals surface area contributed by atoms with Gasteiger partial charge in [-0.1, -0.05) is 58.3 Å². The Morgan fingerprint density at radius 2 is 1.33 bits per heavy atom. The molecular formula is C19H38NO4+. The second-order valence-corrected chi connectivity index (χ2v) is 8.05. The van der Waals surface area contributed by atoms with Gasteiger partial charge in [-0.2, -0.15) is 0 Å². The third-order valence-corrected chi connectivity index (χ3v) is 4.21. The number of Topliss-reactive ketones (excluding diaryl/α,β-unsaturated/α-hetero) is 1. The monoisotopic (exact) mass is 344 g/mol. The Balaban J connectivity index is 4.13. The fraction of sp³-hybridized carbons (Fsp3) is 0.895. The molecule has 142 valence electrons. The summed E-state index contributed by atoms with van der Waals surface area (Å²) in [4.78, 5) is 23.4. The molecule has 0 radical (unpaired) electrons. The fourth-order valence-electron chi connectivity index (χ4n) is 3.11. The molecular weight excluding hydrogens is 306 g/mol. The summed E-state index contributed by atoms with van der Waals surface area (Å²) in [6.45, 7) is 2.33. The Hall–Kier alpha value is -0.940. The number of nitrogens with zero attached hydrogens (tertiary/aromatic N) is 1. The summed E-state index contributed by atoms with van der Waals surface area (Å²) in [5, 5.41) is 19.6. The smallest absolute Gasteiger partial charge is 0.306 e. The van der Waals surface area contributed by atoms with Gasteiger partial charge in [-0.05, 0) is 6.42 Å². The van der Waals surface area contributed by atoms with Crippen molar-refractivity contribution in [1.29, 1.82) is 0 Å². The summed E-state index contributed by atoms with van der Waals surface area (Å²) in [7, 11) is 5.54. The Morgan fingerprint density at radius 1 is 0.875 bits per heavy atom. The van der Waals surface area contributed by atoms with Crippen LogP contribution in [0.15, 0.2) is 0 Å². The van der Waals surface area contributed by atoms with Crippen LogP contribution in [-0.4, -0.2) is 59.7 Å². The first kappa shape index (κ1) is 23.1. The van der Waals surface area contributed by atoms with Gasteiger partial charge >= 0.3 is 5.97 Å². The molecule has 0 saturated carbocycles. The zero-order valence-electron chi connectivity index (χ0n) is 16.1. The van der Waals surface area contributed by atoms with E-state index in [-0.39, 0.29) is 18.7 Å². The maximum atomic E-state index is 12.4. The highest BCUT2D eigenvalue weighted by Crippen LogP contribution is 2.20. The third kappa shape index (κ3) is 11.6. The summed E-state index contributed by atoms with van der Waals surface area (Å²) in [6, 6.07) is 0. The average molecular weight is 345 g/mol. The number of rotatable bonds is 15. The van der Waals surface area contributed by atoms with Crippen LogP contribution in [0.1, 0.15) is 77.6 Å². The molecule has 0 rings (SSSR count). The van der Waals surface area contributed by atoms with Crippen molar-refractivity contribution in [2.75, 3.05) is 27.7 Å². The SMILES string of the molecule is CCCCCCCCCCCC(=O)[C@@](O)(CC(=O)O)C[N+](C)(C)C. The minimum absolute atomic E-state index is 0.121. The Bertz CT molecular complexity index is 376. The van der Waals surface area contributed by atoms with E-state index in [1.807, 2.05) is 21.1 Å². The van der Waals surface area contributed by atoms with Crippen molar-refractivity contribution in [1.82, 2.24) is 0 Å². The van der Waals surface area contributed by atoms with Crippen molar-refractivity contribution in [3.8, 4) is 0 Å². The van der Waals surface area contributed by atoms with Gasteiger partial charge in [0.05, 0.1) is 27.6 Å². The lowest BCUT2D eigenvalue weighted by Crippen LogP contribution is -2.54. The molecule has 0 aliphatic rings. The highest BCUT2D eigenvalue weighted by Gasteiger charge is 2.42. The Kier molecular flexibility index (Phi) is 11.1. The summed E-state index contributed by atoms with van der Waals surface area (Å²) in [6.07, 6.45) is 10.1. The molecule has 0 bridgehead atoms. The average Bonchev–Trinajstić information content (AvgIpc) is 2.42. The van der Waals surface area contributed by atoms with Crippen LogP contribution in [0.5, 0.6) is 0 Å². The summed E-state index contributed by atoms with van der Waals surface area (Å²) < 4.78 is 0.354. The quantitative estimate of drug-likeness (QED) is 0.353. The van der Waals surface area contributed by atoms with Crippen LogP contribution < -0.4 is 0 Å². The minimum atomic E-state index is -1.76. The highest BCUT2D eigenvalue weighted by atomic mass is 16.4. The number of aliphatic carboxylic acids is 1. The van der Waals surface area contributed by atoms with Gasteiger partial charge in [-0.3, -0.25) is 9.59 Å². The molecule has 0 aromatic carbocycles. The maximum absolute atomic E-state index is 12.4. The van der Waals surface area contributed by atoms with E-state index in [9.17, 15) is 14.7 Å². The lowest BCUT2D eigenvalue weighted by atomic mass is 9.89. The predicted molar refractivity (Wildman–Crippen MR) is 97.0 cm³/mol. The number of hydrogen-bond acceptors (Lipinski definition) is 3. The van der Waals surface area contributed by atoms with E-state index >= 15 is 0 Å². The topological polar surface area (TPSA) is 74.6 Å². The van der Waals surface area contributed by atoms with E-state index in [1.165, 1.54) is 38.5 Å². The number of carbonyl (C=O) groups is 2. The number of ketones is 1. The van der Waals surface area contributed by atoms with Gasteiger partial charge in [0.15, 0.2) is 11.4 Å². The molecule has 0 unspecified atom stereocenters. The van der Waals surface area contributed by atoms with Crippen LogP contribution in [0.25, 0.3) is 0 Å². The predicted octanol–water partition coefficient (Wildman–Crippen LogP) is 3.39. The molecule has 0 aromatic rings. The van der Waals surface area contributed by atoms with E-state index in [2.05, 4.69) is 6.92 Å². The Labute approximate surface area is 147 Å². The zero-order chi connectivity index (χ0) is 18.6. The van der Waals surface area contributed by atoms with Gasteiger partial charge in [0, 0.05) is 6.42 Å². The van der Waals surface area contributed by atoms with Gasteiger partial charge in [0.2, 0.25) is 0 Å². The number of likely N-dealkylation sites (N-methyl/N-ethyl adjacent to an activating group) is 1. The minimum Gasteiger partial charge on any atom is -0.481 e. The van der Waals surface area contributed by atoms with Crippen molar-refractivity contribution in [2.24, 2.45) is 0 Å². The number of quaternary nitrogens is 1. The lowest BCUT2D eigenvalue weighted by Gasteiger charge is -2.33. The number of carbonyl (C=O) groups excluding carboxylic acids is 1. The van der Waals surface area contributed by atoms with Gasteiger partial charge < -0.3 is 14.7 Å². The van der Waals surface area contributed by atoms with E-state index in [0.717, 1.165) is 19.3 Å². The van der Waals surface area contributed by atoms with Crippen LogP contribution in [0, 0.1) is 0 Å². The first-order valence-corrected chi connectivity index (χ1v) is 9.38. The van der Waals surface area contributed by atoms with Crippen molar-refractivity contribution >= 4 is 11.8 Å². The third-order valence-electron chi connectivity index (χ3n) is 4.21. The summed E-state index contributed by atoms with van der Waals surface area (Å²) in [5.74, 6) is -1.47. The van der Waals surface area contributed by atoms with Crippen molar-refractivity contribution in [2.45, 2.75) is 83.2 Å². The van der Waals surface area contributed by atoms with Gasteiger partial charge in [0.1, 0.15) is 6.54 Å². The van der Waals surface area contributed by atoms with Crippen LogP contribution in [-0.2, 0) is 9.59 Å². The molecule has 0 saturated heterocycles. The normalized spacial score (nSPS) is 14.4. The maximum Gasteiger partial charge on any atom is 0.306 e. The Morgan fingerprint density at radius 3 is 1.75 bits per heavy atom. The van der Waals surface area contributed by atoms with Crippen molar-refractivity contribution < 1.29 is 24.3 Å². The zero-order valence-corrected chi connectivity index (χ0v) is 16.1. The van der Waals surface area contributed by atoms with E-state index in [0.29, 0.717) is 4.48 Å². The molecule has 1 atom stereocenters. The number of aliphatic hydroxyl groups is 1. The molecule has 0 spiro atoms. The van der Waals surface area contributed by atoms with Gasteiger partial charge in [0.25, 0.3) is 0 Å². The van der Waals surface area contributed by atoms with Crippen molar-refractivity contribution in [3.05, 3.63) is 0 Å². The van der Waals surface area contributed by atoms with Gasteiger partial charge in [-0.25, -0.2) is 0 Å². The second kappa shape index (κ2) is 11.6. The standard InChI is InChI=1S/C19H37NO4/c1-5-6-7-8-9-10-11-12-13-14-17(21)19(24,15-18(22)23)16-20(2,3)4/h24H,5-16H2,1-4H3/p+1/t19-/m1/s1. The highest BCUT2D eigenvalue weighted by molar-refractivity contribution is 5.90. The lowest BCUT2D eigenvalue weighted by molar-refractivity contribution is -0.875. The molecule has 0 aliphatic heterocycles. The van der Waals surface area contributed by atoms with Crippen LogP contribution >= 0.6 is 0 Å². The molecule has 0 heterocycles. The summed E-state index contributed by atoms with van der Waals surface area (Å²) in [5.41, 5.74) is -1.76. The number of hydrogen-bond donors (Lipinski definition) is 2. The number of unbranched alkanes of at least 4 members (excludes halogenated alkanes) is 8. The van der Waals surface area contributed by atoms with Crippen LogP contribution in [0.4, 0.5) is 0 Å². The largest absolute Gasteiger partial charge is 0.481 e. The number of carboxylic acid groups (broad SMARTS) is 1. The molecule has 0 aromatic heterocycles. The molecule has 0 aliphatic carbocycles. The molecule has 5 nitrogen and oxygen atoms in total. The van der Waals surface area contributed by atoms with Crippen molar-refractivity contribution in [3.63, 3.8) is 0 Å². The van der Waals surface area contributed by atoms with Gasteiger partial charge in [-0.15, -0.1) is 0 Å². The molecule has 24 heavy (non-hydrogen) atoms.